The van der Waals surface area contributed by atoms with Gasteiger partial charge in [-0.25, -0.2) is 4.79 Å². The smallest absolute Gasteiger partial charge is 0.337 e. The fourth-order valence-electron chi connectivity index (χ4n) is 4.76. The summed E-state index contributed by atoms with van der Waals surface area (Å²) in [5.41, 5.74) is 2.74. The van der Waals surface area contributed by atoms with Crippen LogP contribution >= 0.6 is 11.6 Å². The molecule has 3 atom stereocenters. The highest BCUT2D eigenvalue weighted by Gasteiger charge is 2.38. The summed E-state index contributed by atoms with van der Waals surface area (Å²) in [5, 5.41) is 0.598. The number of rotatable bonds is 7. The second kappa shape index (κ2) is 10.6. The molecule has 1 amide bonds. The second-order valence-electron chi connectivity index (χ2n) is 8.74. The Balaban J connectivity index is 1.67. The molecule has 1 fully saturated rings. The molecule has 1 saturated heterocycles. The van der Waals surface area contributed by atoms with E-state index in [1.54, 1.807) is 24.1 Å². The number of carbonyl (C=O) groups is 2. The molecule has 0 spiro atoms. The summed E-state index contributed by atoms with van der Waals surface area (Å²) in [7, 11) is 1.59. The summed E-state index contributed by atoms with van der Waals surface area (Å²) in [5.74, 6) is -0.229. The number of nitrogens with zero attached hydrogens (tertiary/aromatic N) is 1. The fourth-order valence-corrected chi connectivity index (χ4v) is 4.89. The Hall–Kier alpha value is -2.83. The van der Waals surface area contributed by atoms with Crippen LogP contribution in [0.5, 0.6) is 5.75 Å². The van der Waals surface area contributed by atoms with Crippen molar-refractivity contribution in [1.82, 2.24) is 4.90 Å². The quantitative estimate of drug-likeness (QED) is 0.492. The maximum atomic E-state index is 13.6. The van der Waals surface area contributed by atoms with Gasteiger partial charge < -0.3 is 19.1 Å². The predicted octanol–water partition coefficient (Wildman–Crippen LogP) is 5.42. The molecule has 180 valence electrons. The van der Waals surface area contributed by atoms with E-state index in [0.717, 1.165) is 24.0 Å². The number of hydrogen-bond donors (Lipinski definition) is 0. The first kappa shape index (κ1) is 24.3. The molecule has 0 aromatic heterocycles. The Morgan fingerprint density at radius 1 is 1.21 bits per heavy atom. The topological polar surface area (TPSA) is 65.1 Å². The number of esters is 1. The van der Waals surface area contributed by atoms with Gasteiger partial charge in [0.05, 0.1) is 25.3 Å². The van der Waals surface area contributed by atoms with E-state index < -0.39 is 18.0 Å². The highest BCUT2D eigenvalue weighted by atomic mass is 35.5. The van der Waals surface area contributed by atoms with E-state index in [1.165, 1.54) is 0 Å². The second-order valence-corrected chi connectivity index (χ2v) is 9.17. The van der Waals surface area contributed by atoms with E-state index >= 15 is 0 Å². The van der Waals surface area contributed by atoms with Gasteiger partial charge >= 0.3 is 5.97 Å². The van der Waals surface area contributed by atoms with Gasteiger partial charge in [0, 0.05) is 35.2 Å². The van der Waals surface area contributed by atoms with Crippen molar-refractivity contribution >= 4 is 23.5 Å². The van der Waals surface area contributed by atoms with Crippen LogP contribution in [0.3, 0.4) is 0 Å². The van der Waals surface area contributed by atoms with Crippen molar-refractivity contribution in [2.45, 2.75) is 51.2 Å². The minimum atomic E-state index is -0.529. The first-order valence-electron chi connectivity index (χ1n) is 11.6. The normalized spacial score (nSPS) is 21.5. The summed E-state index contributed by atoms with van der Waals surface area (Å²) in [6, 6.07) is 14.7. The molecule has 4 rings (SSSR count). The number of para-hydroxylation sites is 1. The van der Waals surface area contributed by atoms with Crippen molar-refractivity contribution < 1.29 is 23.8 Å². The molecule has 7 heteroatoms. The van der Waals surface area contributed by atoms with Crippen molar-refractivity contribution in [2.75, 3.05) is 20.3 Å². The first-order chi connectivity index (χ1) is 16.4. The standard InChI is InChI=1S/C27H30ClNO5/c1-17-26(27(31)34-18(2)22-8-4-5-9-24(22)32-3)23(19-10-12-20(28)13-11-19)15-25(30)29(17)16-21-7-6-14-33-21/h4-5,8-13,18,21,23H,6-7,14-16H2,1-3H3/t18-,21+,23-/m0/s1. The number of amides is 1. The van der Waals surface area contributed by atoms with Gasteiger partial charge in [0.1, 0.15) is 11.9 Å². The van der Waals surface area contributed by atoms with Crippen LogP contribution in [-0.2, 0) is 19.1 Å². The Kier molecular flexibility index (Phi) is 7.59. The van der Waals surface area contributed by atoms with Crippen LogP contribution in [0.1, 0.15) is 56.3 Å². The molecule has 2 heterocycles. The van der Waals surface area contributed by atoms with Crippen molar-refractivity contribution in [2.24, 2.45) is 0 Å². The van der Waals surface area contributed by atoms with Gasteiger partial charge in [0.25, 0.3) is 0 Å². The number of methoxy groups -OCH3 is 1. The lowest BCUT2D eigenvalue weighted by atomic mass is 9.83. The Labute approximate surface area is 205 Å². The SMILES string of the molecule is COc1ccccc1[C@H](C)OC(=O)C1=C(C)N(C[C@H]2CCCO2)C(=O)C[C@H]1c1ccc(Cl)cc1. The minimum absolute atomic E-state index is 0.0178. The zero-order valence-electron chi connectivity index (χ0n) is 19.8. The lowest BCUT2D eigenvalue weighted by molar-refractivity contribution is -0.145. The maximum Gasteiger partial charge on any atom is 0.337 e. The van der Waals surface area contributed by atoms with Gasteiger partial charge in [-0.1, -0.05) is 41.9 Å². The monoisotopic (exact) mass is 483 g/mol. The van der Waals surface area contributed by atoms with E-state index in [0.29, 0.717) is 35.2 Å². The van der Waals surface area contributed by atoms with E-state index in [4.69, 9.17) is 25.8 Å². The van der Waals surface area contributed by atoms with E-state index in [1.807, 2.05) is 50.2 Å². The molecule has 34 heavy (non-hydrogen) atoms. The van der Waals surface area contributed by atoms with Crippen LogP contribution in [0.2, 0.25) is 5.02 Å². The molecule has 0 radical (unpaired) electrons. The minimum Gasteiger partial charge on any atom is -0.496 e. The Morgan fingerprint density at radius 2 is 1.94 bits per heavy atom. The molecule has 2 aliphatic heterocycles. The molecule has 6 nitrogen and oxygen atoms in total. The number of carbonyl (C=O) groups excluding carboxylic acids is 2. The number of hydrogen-bond acceptors (Lipinski definition) is 5. The lowest BCUT2D eigenvalue weighted by Gasteiger charge is -2.36. The van der Waals surface area contributed by atoms with Crippen molar-refractivity contribution in [3.8, 4) is 5.75 Å². The number of halogens is 1. The summed E-state index contributed by atoms with van der Waals surface area (Å²) >= 11 is 6.09. The summed E-state index contributed by atoms with van der Waals surface area (Å²) in [4.78, 5) is 28.5. The van der Waals surface area contributed by atoms with Gasteiger partial charge in [-0.05, 0) is 50.5 Å². The van der Waals surface area contributed by atoms with Crippen LogP contribution in [0, 0.1) is 0 Å². The Bertz CT molecular complexity index is 1070. The molecule has 2 aromatic carbocycles. The molecule has 2 aliphatic rings. The van der Waals surface area contributed by atoms with Crippen LogP contribution in [0.4, 0.5) is 0 Å². The van der Waals surface area contributed by atoms with Gasteiger partial charge in [0.2, 0.25) is 5.91 Å². The third-order valence-corrected chi connectivity index (χ3v) is 6.84. The molecule has 0 saturated carbocycles. The number of ether oxygens (including phenoxy) is 3. The van der Waals surface area contributed by atoms with E-state index in [9.17, 15) is 9.59 Å². The molecule has 0 unspecified atom stereocenters. The zero-order valence-corrected chi connectivity index (χ0v) is 20.5. The molecular formula is C27H30ClNO5. The van der Waals surface area contributed by atoms with Gasteiger partial charge in [-0.15, -0.1) is 0 Å². The average molecular weight is 484 g/mol. The van der Waals surface area contributed by atoms with E-state index in [2.05, 4.69) is 0 Å². The number of allylic oxidation sites excluding steroid dienone is 1. The summed E-state index contributed by atoms with van der Waals surface area (Å²) < 4.78 is 17.1. The third-order valence-electron chi connectivity index (χ3n) is 6.59. The molecule has 0 aliphatic carbocycles. The predicted molar refractivity (Wildman–Crippen MR) is 130 cm³/mol. The highest BCUT2D eigenvalue weighted by molar-refractivity contribution is 6.30. The van der Waals surface area contributed by atoms with Gasteiger partial charge in [-0.2, -0.15) is 0 Å². The highest BCUT2D eigenvalue weighted by Crippen LogP contribution is 2.39. The van der Waals surface area contributed by atoms with Crippen LogP contribution in [-0.4, -0.2) is 43.1 Å². The van der Waals surface area contributed by atoms with Crippen molar-refractivity contribution in [1.29, 1.82) is 0 Å². The molecule has 2 aromatic rings. The van der Waals surface area contributed by atoms with Crippen molar-refractivity contribution in [3.63, 3.8) is 0 Å². The summed E-state index contributed by atoms with van der Waals surface area (Å²) in [6.07, 6.45) is 1.52. The molecule has 0 N–H and O–H groups in total. The number of benzene rings is 2. The largest absolute Gasteiger partial charge is 0.496 e. The fraction of sp³-hybridized carbons (Fsp3) is 0.407. The lowest BCUT2D eigenvalue weighted by Crippen LogP contribution is -2.42. The van der Waals surface area contributed by atoms with Gasteiger partial charge in [-0.3, -0.25) is 4.79 Å². The zero-order chi connectivity index (χ0) is 24.2. The summed E-state index contributed by atoms with van der Waals surface area (Å²) in [6.45, 7) is 4.78. The van der Waals surface area contributed by atoms with Crippen LogP contribution in [0.15, 0.2) is 59.8 Å². The third kappa shape index (κ3) is 5.13. The maximum absolute atomic E-state index is 13.6. The van der Waals surface area contributed by atoms with Crippen LogP contribution < -0.4 is 4.74 Å². The first-order valence-corrected chi connectivity index (χ1v) is 12.0. The average Bonchev–Trinajstić information content (AvgIpc) is 3.35. The van der Waals surface area contributed by atoms with Crippen LogP contribution in [0.25, 0.3) is 0 Å². The van der Waals surface area contributed by atoms with E-state index in [-0.39, 0.29) is 18.4 Å². The molecule has 0 bridgehead atoms. The van der Waals surface area contributed by atoms with Gasteiger partial charge in [0.15, 0.2) is 0 Å². The van der Waals surface area contributed by atoms with Crippen molar-refractivity contribution in [3.05, 3.63) is 76.0 Å². The molecular weight excluding hydrogens is 454 g/mol. The Morgan fingerprint density at radius 3 is 2.62 bits per heavy atom.